The molecule has 1 N–H and O–H groups in total. The maximum absolute atomic E-state index is 12.5. The normalized spacial score (nSPS) is 10.8. The molecule has 0 atom stereocenters. The summed E-state index contributed by atoms with van der Waals surface area (Å²) in [7, 11) is 0. The first-order valence-corrected chi connectivity index (χ1v) is 9.39. The molecule has 1 aromatic heterocycles. The average Bonchev–Trinajstić information content (AvgIpc) is 2.64. The molecule has 0 aliphatic rings. The molecular formula is C20H20BrN3O2. The number of carbonyl (C=O) groups is 1. The molecular weight excluding hydrogens is 394 g/mol. The number of carbonyl (C=O) groups excluding carboxylic acids is 1. The summed E-state index contributed by atoms with van der Waals surface area (Å²) in [5.41, 5.74) is 2.35. The van der Waals surface area contributed by atoms with Gasteiger partial charge in [0.25, 0.3) is 5.56 Å². The zero-order valence-electron chi connectivity index (χ0n) is 14.5. The molecule has 3 rings (SSSR count). The molecule has 1 heterocycles. The Morgan fingerprint density at radius 2 is 1.96 bits per heavy atom. The molecule has 5 nitrogen and oxygen atoms in total. The maximum Gasteiger partial charge on any atom is 0.261 e. The van der Waals surface area contributed by atoms with Gasteiger partial charge in [-0.2, -0.15) is 0 Å². The molecule has 0 saturated carbocycles. The number of fused-ring (bicyclic) bond motifs is 1. The fraction of sp³-hybridized carbons (Fsp3) is 0.250. The second-order valence-corrected chi connectivity index (χ2v) is 7.10. The summed E-state index contributed by atoms with van der Waals surface area (Å²) in [6.07, 6.45) is 4.76. The summed E-state index contributed by atoms with van der Waals surface area (Å²) in [6, 6.07) is 13.1. The van der Waals surface area contributed by atoms with E-state index in [-0.39, 0.29) is 18.0 Å². The van der Waals surface area contributed by atoms with Crippen molar-refractivity contribution in [2.45, 2.75) is 32.7 Å². The summed E-state index contributed by atoms with van der Waals surface area (Å²) >= 11 is 3.35. The van der Waals surface area contributed by atoms with Gasteiger partial charge in [0.15, 0.2) is 0 Å². The second kappa shape index (κ2) is 8.27. The highest BCUT2D eigenvalue weighted by molar-refractivity contribution is 9.10. The van der Waals surface area contributed by atoms with Gasteiger partial charge in [-0.3, -0.25) is 14.2 Å². The van der Waals surface area contributed by atoms with Crippen LogP contribution in [-0.2, 0) is 17.8 Å². The maximum atomic E-state index is 12.5. The van der Waals surface area contributed by atoms with Crippen molar-refractivity contribution in [2.24, 2.45) is 0 Å². The Morgan fingerprint density at radius 1 is 1.19 bits per heavy atom. The lowest BCUT2D eigenvalue weighted by Crippen LogP contribution is -2.27. The van der Waals surface area contributed by atoms with Gasteiger partial charge in [0, 0.05) is 10.2 Å². The Balaban J connectivity index is 1.71. The van der Waals surface area contributed by atoms with Gasteiger partial charge in [-0.15, -0.1) is 0 Å². The predicted molar refractivity (Wildman–Crippen MR) is 107 cm³/mol. The smallest absolute Gasteiger partial charge is 0.261 e. The molecule has 0 fully saturated rings. The zero-order chi connectivity index (χ0) is 18.5. The number of hydrogen-bond donors (Lipinski definition) is 1. The topological polar surface area (TPSA) is 64.0 Å². The zero-order valence-corrected chi connectivity index (χ0v) is 16.1. The van der Waals surface area contributed by atoms with Gasteiger partial charge in [0.2, 0.25) is 5.91 Å². The number of nitrogens with zero attached hydrogens (tertiary/aromatic N) is 2. The van der Waals surface area contributed by atoms with Crippen molar-refractivity contribution in [3.63, 3.8) is 0 Å². The Labute approximate surface area is 160 Å². The van der Waals surface area contributed by atoms with Gasteiger partial charge in [-0.1, -0.05) is 41.4 Å². The molecule has 0 unspecified atom stereocenters. The van der Waals surface area contributed by atoms with Crippen LogP contribution in [0.15, 0.2) is 58.1 Å². The Kier molecular flexibility index (Phi) is 5.83. The van der Waals surface area contributed by atoms with Crippen LogP contribution in [-0.4, -0.2) is 15.5 Å². The number of aromatic nitrogens is 2. The van der Waals surface area contributed by atoms with Crippen molar-refractivity contribution >= 4 is 38.4 Å². The lowest BCUT2D eigenvalue weighted by atomic mass is 10.1. The first-order valence-electron chi connectivity index (χ1n) is 8.60. The summed E-state index contributed by atoms with van der Waals surface area (Å²) < 4.78 is 2.12. The third-order valence-corrected chi connectivity index (χ3v) is 4.65. The SMILES string of the molecule is CCCCc1ccc(NC(=O)Cn2cnc3ccc(Br)cc3c2=O)cc1. The van der Waals surface area contributed by atoms with Crippen LogP contribution in [0.2, 0.25) is 0 Å². The van der Waals surface area contributed by atoms with Crippen LogP contribution >= 0.6 is 15.9 Å². The van der Waals surface area contributed by atoms with E-state index >= 15 is 0 Å². The number of amides is 1. The van der Waals surface area contributed by atoms with Crippen LogP contribution in [0.5, 0.6) is 0 Å². The van der Waals surface area contributed by atoms with Crippen molar-refractivity contribution in [2.75, 3.05) is 5.32 Å². The van der Waals surface area contributed by atoms with Crippen molar-refractivity contribution in [3.8, 4) is 0 Å². The minimum atomic E-state index is -0.260. The van der Waals surface area contributed by atoms with E-state index in [1.165, 1.54) is 16.5 Å². The Morgan fingerprint density at radius 3 is 2.69 bits per heavy atom. The van der Waals surface area contributed by atoms with E-state index < -0.39 is 0 Å². The molecule has 1 amide bonds. The fourth-order valence-electron chi connectivity index (χ4n) is 2.73. The molecule has 6 heteroatoms. The van der Waals surface area contributed by atoms with Crippen LogP contribution < -0.4 is 10.9 Å². The molecule has 2 aromatic carbocycles. The van der Waals surface area contributed by atoms with E-state index in [0.717, 1.165) is 29.4 Å². The van der Waals surface area contributed by atoms with Crippen LogP contribution in [0.3, 0.4) is 0 Å². The van der Waals surface area contributed by atoms with E-state index in [9.17, 15) is 9.59 Å². The Bertz CT molecular complexity index is 981. The highest BCUT2D eigenvalue weighted by atomic mass is 79.9. The van der Waals surface area contributed by atoms with Gasteiger partial charge in [0.05, 0.1) is 17.2 Å². The first kappa shape index (κ1) is 18.3. The monoisotopic (exact) mass is 413 g/mol. The first-order chi connectivity index (χ1) is 12.6. The molecule has 0 aliphatic heterocycles. The molecule has 134 valence electrons. The molecule has 0 saturated heterocycles. The minimum absolute atomic E-state index is 0.0775. The van der Waals surface area contributed by atoms with Crippen molar-refractivity contribution in [1.29, 1.82) is 0 Å². The van der Waals surface area contributed by atoms with Gasteiger partial charge >= 0.3 is 0 Å². The fourth-order valence-corrected chi connectivity index (χ4v) is 3.10. The summed E-state index contributed by atoms with van der Waals surface area (Å²) in [4.78, 5) is 29.1. The van der Waals surface area contributed by atoms with Crippen LogP contribution in [0, 0.1) is 0 Å². The largest absolute Gasteiger partial charge is 0.325 e. The second-order valence-electron chi connectivity index (χ2n) is 6.19. The standard InChI is InChI=1S/C20H20BrN3O2/c1-2-3-4-14-5-8-16(9-6-14)23-19(25)12-24-13-22-18-10-7-15(21)11-17(18)20(24)26/h5-11,13H,2-4,12H2,1H3,(H,23,25). The number of benzene rings is 2. The molecule has 3 aromatic rings. The van der Waals surface area contributed by atoms with Crippen molar-refractivity contribution < 1.29 is 4.79 Å². The quantitative estimate of drug-likeness (QED) is 0.660. The molecule has 0 aliphatic carbocycles. The number of halogens is 1. The molecule has 0 radical (unpaired) electrons. The molecule has 0 spiro atoms. The van der Waals surface area contributed by atoms with E-state index in [1.54, 1.807) is 12.1 Å². The molecule has 26 heavy (non-hydrogen) atoms. The number of nitrogens with one attached hydrogen (secondary N) is 1. The van der Waals surface area contributed by atoms with E-state index in [4.69, 9.17) is 0 Å². The van der Waals surface area contributed by atoms with Crippen LogP contribution in [0.25, 0.3) is 10.9 Å². The van der Waals surface area contributed by atoms with E-state index in [1.807, 2.05) is 30.3 Å². The lowest BCUT2D eigenvalue weighted by molar-refractivity contribution is -0.116. The average molecular weight is 414 g/mol. The number of unbranched alkanes of at least 4 members (excludes halogenated alkanes) is 1. The summed E-state index contributed by atoms with van der Waals surface area (Å²) in [5.74, 6) is -0.260. The highest BCUT2D eigenvalue weighted by Crippen LogP contribution is 2.15. The third kappa shape index (κ3) is 4.38. The third-order valence-electron chi connectivity index (χ3n) is 4.16. The van der Waals surface area contributed by atoms with Gasteiger partial charge in [0.1, 0.15) is 6.54 Å². The number of anilines is 1. The van der Waals surface area contributed by atoms with Gasteiger partial charge in [-0.05, 0) is 48.7 Å². The predicted octanol–water partition coefficient (Wildman–Crippen LogP) is 4.14. The van der Waals surface area contributed by atoms with Crippen LogP contribution in [0.1, 0.15) is 25.3 Å². The summed E-state index contributed by atoms with van der Waals surface area (Å²) in [6.45, 7) is 2.09. The van der Waals surface area contributed by atoms with Crippen molar-refractivity contribution in [3.05, 3.63) is 69.2 Å². The van der Waals surface area contributed by atoms with E-state index in [0.29, 0.717) is 10.9 Å². The van der Waals surface area contributed by atoms with Gasteiger partial charge < -0.3 is 5.32 Å². The minimum Gasteiger partial charge on any atom is -0.325 e. The number of hydrogen-bond acceptors (Lipinski definition) is 3. The Hall–Kier alpha value is -2.47. The molecule has 0 bridgehead atoms. The highest BCUT2D eigenvalue weighted by Gasteiger charge is 2.09. The summed E-state index contributed by atoms with van der Waals surface area (Å²) in [5, 5.41) is 3.31. The lowest BCUT2D eigenvalue weighted by Gasteiger charge is -2.09. The number of aryl methyl sites for hydroxylation is 1. The van der Waals surface area contributed by atoms with Gasteiger partial charge in [-0.25, -0.2) is 4.98 Å². The van der Waals surface area contributed by atoms with Crippen LogP contribution in [0.4, 0.5) is 5.69 Å². The van der Waals surface area contributed by atoms with E-state index in [2.05, 4.69) is 33.2 Å². The van der Waals surface area contributed by atoms with Crippen molar-refractivity contribution in [1.82, 2.24) is 9.55 Å². The number of rotatable bonds is 6.